The molecular formula is C14H26N2. The fraction of sp³-hybridized carbons (Fsp3) is 1.00. The van der Waals surface area contributed by atoms with Gasteiger partial charge in [0.25, 0.3) is 0 Å². The highest BCUT2D eigenvalue weighted by molar-refractivity contribution is 4.97. The Morgan fingerprint density at radius 2 is 1.75 bits per heavy atom. The first kappa shape index (κ1) is 11.0. The van der Waals surface area contributed by atoms with Crippen LogP contribution in [0.3, 0.4) is 0 Å². The van der Waals surface area contributed by atoms with Gasteiger partial charge in [0.05, 0.1) is 0 Å². The summed E-state index contributed by atoms with van der Waals surface area (Å²) >= 11 is 0. The Morgan fingerprint density at radius 3 is 2.31 bits per heavy atom. The van der Waals surface area contributed by atoms with E-state index in [2.05, 4.69) is 5.43 Å². The third-order valence-electron chi connectivity index (χ3n) is 5.60. The highest BCUT2D eigenvalue weighted by atomic mass is 15.2. The molecular weight excluding hydrogens is 196 g/mol. The van der Waals surface area contributed by atoms with Crippen LogP contribution in [0, 0.1) is 23.7 Å². The number of rotatable bonds is 3. The minimum Gasteiger partial charge on any atom is -0.271 e. The third kappa shape index (κ3) is 1.91. The summed E-state index contributed by atoms with van der Waals surface area (Å²) < 4.78 is 0. The van der Waals surface area contributed by atoms with E-state index >= 15 is 0 Å². The van der Waals surface area contributed by atoms with E-state index in [4.69, 9.17) is 5.84 Å². The van der Waals surface area contributed by atoms with Crippen molar-refractivity contribution in [2.45, 2.75) is 63.8 Å². The molecule has 3 aliphatic rings. The first-order valence-electron chi connectivity index (χ1n) is 7.34. The van der Waals surface area contributed by atoms with E-state index in [-0.39, 0.29) is 0 Å². The summed E-state index contributed by atoms with van der Waals surface area (Å²) in [7, 11) is 0. The molecule has 0 aliphatic heterocycles. The third-order valence-corrected chi connectivity index (χ3v) is 5.60. The minimum absolute atomic E-state index is 0.635. The van der Waals surface area contributed by atoms with Gasteiger partial charge in [-0.15, -0.1) is 0 Å². The first-order chi connectivity index (χ1) is 7.88. The standard InChI is InChI=1S/C14H26N2/c15-16-14(11-4-2-1-3-5-11)13-9-10-6-7-12(13)8-10/h10-14,16H,1-9,15H2. The van der Waals surface area contributed by atoms with Crippen molar-refractivity contribution in [3.8, 4) is 0 Å². The van der Waals surface area contributed by atoms with Gasteiger partial charge in [-0.05, 0) is 55.8 Å². The van der Waals surface area contributed by atoms with Crippen LogP contribution in [0.4, 0.5) is 0 Å². The van der Waals surface area contributed by atoms with Gasteiger partial charge < -0.3 is 0 Å². The lowest BCUT2D eigenvalue weighted by Gasteiger charge is -2.37. The molecule has 0 spiro atoms. The summed E-state index contributed by atoms with van der Waals surface area (Å²) in [4.78, 5) is 0. The van der Waals surface area contributed by atoms with Crippen LogP contribution in [-0.4, -0.2) is 6.04 Å². The predicted molar refractivity (Wildman–Crippen MR) is 66.6 cm³/mol. The summed E-state index contributed by atoms with van der Waals surface area (Å²) in [6.07, 6.45) is 13.1. The molecule has 16 heavy (non-hydrogen) atoms. The highest BCUT2D eigenvalue weighted by Crippen LogP contribution is 2.51. The monoisotopic (exact) mass is 222 g/mol. The van der Waals surface area contributed by atoms with Gasteiger partial charge in [0, 0.05) is 6.04 Å². The zero-order chi connectivity index (χ0) is 11.0. The number of nitrogens with one attached hydrogen (secondary N) is 1. The van der Waals surface area contributed by atoms with E-state index in [1.54, 1.807) is 0 Å². The molecule has 2 bridgehead atoms. The van der Waals surface area contributed by atoms with E-state index in [9.17, 15) is 0 Å². The largest absolute Gasteiger partial charge is 0.271 e. The van der Waals surface area contributed by atoms with Crippen LogP contribution < -0.4 is 11.3 Å². The molecule has 2 heteroatoms. The van der Waals surface area contributed by atoms with Gasteiger partial charge in [-0.1, -0.05) is 25.7 Å². The van der Waals surface area contributed by atoms with Crippen molar-refractivity contribution in [1.29, 1.82) is 0 Å². The molecule has 0 amide bonds. The molecule has 3 N–H and O–H groups in total. The first-order valence-corrected chi connectivity index (χ1v) is 7.34. The van der Waals surface area contributed by atoms with Crippen LogP contribution in [0.25, 0.3) is 0 Å². The molecule has 0 saturated heterocycles. The molecule has 3 saturated carbocycles. The lowest BCUT2D eigenvalue weighted by atomic mass is 9.73. The van der Waals surface area contributed by atoms with E-state index < -0.39 is 0 Å². The van der Waals surface area contributed by atoms with Crippen molar-refractivity contribution in [3.05, 3.63) is 0 Å². The second-order valence-corrected chi connectivity index (χ2v) is 6.43. The molecule has 0 aromatic carbocycles. The van der Waals surface area contributed by atoms with Gasteiger partial charge in [0.1, 0.15) is 0 Å². The smallest absolute Gasteiger partial charge is 0.0269 e. The van der Waals surface area contributed by atoms with Crippen LogP contribution in [0.5, 0.6) is 0 Å². The Labute approximate surface area is 99.3 Å². The Balaban J connectivity index is 1.65. The Hall–Kier alpha value is -0.0800. The Morgan fingerprint density at radius 1 is 0.938 bits per heavy atom. The molecule has 2 nitrogen and oxygen atoms in total. The number of hydrogen-bond donors (Lipinski definition) is 2. The maximum atomic E-state index is 5.87. The van der Waals surface area contributed by atoms with Gasteiger partial charge in [-0.3, -0.25) is 11.3 Å². The molecule has 0 aromatic heterocycles. The van der Waals surface area contributed by atoms with E-state index in [0.717, 1.165) is 23.7 Å². The number of fused-ring (bicyclic) bond motifs is 2. The molecule has 3 rings (SSSR count). The van der Waals surface area contributed by atoms with E-state index in [0.29, 0.717) is 6.04 Å². The lowest BCUT2D eigenvalue weighted by molar-refractivity contribution is 0.161. The van der Waals surface area contributed by atoms with Gasteiger partial charge >= 0.3 is 0 Å². The van der Waals surface area contributed by atoms with Crippen molar-refractivity contribution in [2.24, 2.45) is 29.5 Å². The van der Waals surface area contributed by atoms with E-state index in [1.165, 1.54) is 57.8 Å². The lowest BCUT2D eigenvalue weighted by Crippen LogP contribution is -2.48. The average molecular weight is 222 g/mol. The molecule has 3 aliphatic carbocycles. The molecule has 3 fully saturated rings. The Bertz CT molecular complexity index is 235. The van der Waals surface area contributed by atoms with Gasteiger partial charge in [-0.25, -0.2) is 0 Å². The summed E-state index contributed by atoms with van der Waals surface area (Å²) in [6, 6.07) is 0.635. The second kappa shape index (κ2) is 4.66. The van der Waals surface area contributed by atoms with Gasteiger partial charge in [-0.2, -0.15) is 0 Å². The molecule has 0 radical (unpaired) electrons. The number of nitrogens with two attached hydrogens (primary N) is 1. The normalized spacial score (nSPS) is 41.4. The van der Waals surface area contributed by atoms with Gasteiger partial charge in [0.2, 0.25) is 0 Å². The minimum atomic E-state index is 0.635. The fourth-order valence-electron chi connectivity index (χ4n) is 4.84. The summed E-state index contributed by atoms with van der Waals surface area (Å²) in [6.45, 7) is 0. The number of hydrazine groups is 1. The predicted octanol–water partition coefficient (Wildman–Crippen LogP) is 2.83. The maximum absolute atomic E-state index is 5.87. The second-order valence-electron chi connectivity index (χ2n) is 6.43. The van der Waals surface area contributed by atoms with Crippen molar-refractivity contribution < 1.29 is 0 Å². The van der Waals surface area contributed by atoms with Crippen LogP contribution in [0.15, 0.2) is 0 Å². The van der Waals surface area contributed by atoms with Crippen molar-refractivity contribution in [3.63, 3.8) is 0 Å². The summed E-state index contributed by atoms with van der Waals surface area (Å²) in [5, 5.41) is 0. The van der Waals surface area contributed by atoms with Crippen LogP contribution in [0.1, 0.15) is 57.8 Å². The van der Waals surface area contributed by atoms with Gasteiger partial charge in [0.15, 0.2) is 0 Å². The SMILES string of the molecule is NNC(C1CCCCC1)C1CC2CCC1C2. The van der Waals surface area contributed by atoms with Crippen molar-refractivity contribution >= 4 is 0 Å². The van der Waals surface area contributed by atoms with Crippen LogP contribution in [-0.2, 0) is 0 Å². The quantitative estimate of drug-likeness (QED) is 0.569. The topological polar surface area (TPSA) is 38.0 Å². The Kier molecular flexibility index (Phi) is 3.21. The fourth-order valence-corrected chi connectivity index (χ4v) is 4.84. The number of hydrogen-bond acceptors (Lipinski definition) is 2. The van der Waals surface area contributed by atoms with Crippen LogP contribution in [0.2, 0.25) is 0 Å². The van der Waals surface area contributed by atoms with E-state index in [1.807, 2.05) is 0 Å². The summed E-state index contributed by atoms with van der Waals surface area (Å²) in [5.41, 5.74) is 3.20. The zero-order valence-electron chi connectivity index (χ0n) is 10.3. The molecule has 4 unspecified atom stereocenters. The highest BCUT2D eigenvalue weighted by Gasteiger charge is 2.44. The molecule has 92 valence electrons. The summed E-state index contributed by atoms with van der Waals surface area (Å²) in [5.74, 6) is 9.71. The average Bonchev–Trinajstić information content (AvgIpc) is 2.94. The van der Waals surface area contributed by atoms with Crippen molar-refractivity contribution in [2.75, 3.05) is 0 Å². The van der Waals surface area contributed by atoms with Crippen molar-refractivity contribution in [1.82, 2.24) is 5.43 Å². The maximum Gasteiger partial charge on any atom is 0.0269 e. The zero-order valence-corrected chi connectivity index (χ0v) is 10.3. The molecule has 0 aromatic rings. The molecule has 0 heterocycles. The molecule has 4 atom stereocenters. The van der Waals surface area contributed by atoms with Crippen LogP contribution >= 0.6 is 0 Å².